The van der Waals surface area contributed by atoms with E-state index in [1.165, 1.54) is 22.7 Å². The van der Waals surface area contributed by atoms with Crippen LogP contribution in [0.3, 0.4) is 0 Å². The normalized spacial score (nSPS) is 21.8. The van der Waals surface area contributed by atoms with Gasteiger partial charge in [-0.05, 0) is 37.5 Å². The first-order valence-corrected chi connectivity index (χ1v) is 11.0. The van der Waals surface area contributed by atoms with Crippen LogP contribution in [0.15, 0.2) is 24.3 Å². The summed E-state index contributed by atoms with van der Waals surface area (Å²) in [5.41, 5.74) is 0.583. The second-order valence-electron chi connectivity index (χ2n) is 7.47. The highest BCUT2D eigenvalue weighted by atomic mass is 32.2. The van der Waals surface area contributed by atoms with Crippen LogP contribution in [0.5, 0.6) is 5.75 Å². The molecule has 8 nitrogen and oxygen atoms in total. The number of piperidine rings is 1. The van der Waals surface area contributed by atoms with Gasteiger partial charge in [0.05, 0.1) is 12.6 Å². The fourth-order valence-corrected chi connectivity index (χ4v) is 4.64. The molecule has 1 aromatic carbocycles. The van der Waals surface area contributed by atoms with Gasteiger partial charge in [0.15, 0.2) is 0 Å². The number of benzene rings is 1. The molecule has 2 heterocycles. The minimum atomic E-state index is -3.38. The molecule has 0 spiro atoms. The first-order valence-electron chi connectivity index (χ1n) is 9.58. The van der Waals surface area contributed by atoms with Crippen LogP contribution in [0.25, 0.3) is 0 Å². The summed E-state index contributed by atoms with van der Waals surface area (Å²) in [5, 5.41) is 0. The van der Waals surface area contributed by atoms with Gasteiger partial charge in [0.2, 0.25) is 0 Å². The Morgan fingerprint density at radius 2 is 1.89 bits per heavy atom. The van der Waals surface area contributed by atoms with E-state index in [-0.39, 0.29) is 18.1 Å². The first kappa shape index (κ1) is 21.0. The Morgan fingerprint density at radius 1 is 1.18 bits per heavy atom. The average Bonchev–Trinajstić information content (AvgIpc) is 3.22. The molecule has 0 aromatic heterocycles. The number of carbonyl (C=O) groups excluding carboxylic acids is 1. The highest BCUT2D eigenvalue weighted by Crippen LogP contribution is 2.23. The Kier molecular flexibility index (Phi) is 6.59. The molecular formula is C19H29N3O5S. The van der Waals surface area contributed by atoms with E-state index in [2.05, 4.69) is 0 Å². The summed E-state index contributed by atoms with van der Waals surface area (Å²) >= 11 is 0. The minimum absolute atomic E-state index is 0.0483. The molecule has 1 aromatic rings. The largest absolute Gasteiger partial charge is 0.490 e. The molecule has 0 radical (unpaired) electrons. The van der Waals surface area contributed by atoms with E-state index in [9.17, 15) is 13.2 Å². The molecule has 2 fully saturated rings. The van der Waals surface area contributed by atoms with Gasteiger partial charge in [0.25, 0.3) is 16.1 Å². The van der Waals surface area contributed by atoms with Gasteiger partial charge < -0.3 is 14.4 Å². The third-order valence-corrected chi connectivity index (χ3v) is 7.29. The molecule has 0 unspecified atom stereocenters. The van der Waals surface area contributed by atoms with E-state index >= 15 is 0 Å². The third kappa shape index (κ3) is 4.65. The SMILES string of the molecule is CN(C(=O)c1cccc(OC2CCN(S(=O)(=O)N(C)C)CC2)c1)[C@@H]1CCOC1. The summed E-state index contributed by atoms with van der Waals surface area (Å²) in [6, 6.07) is 7.30. The lowest BCUT2D eigenvalue weighted by atomic mass is 10.1. The number of hydrogen-bond acceptors (Lipinski definition) is 5. The van der Waals surface area contributed by atoms with Crippen LogP contribution in [0, 0.1) is 0 Å². The number of nitrogens with zero attached hydrogens (tertiary/aromatic N) is 3. The quantitative estimate of drug-likeness (QED) is 0.703. The fourth-order valence-electron chi connectivity index (χ4n) is 3.50. The Balaban J connectivity index is 1.59. The summed E-state index contributed by atoms with van der Waals surface area (Å²) in [6.45, 7) is 2.11. The first-order chi connectivity index (χ1) is 13.3. The summed E-state index contributed by atoms with van der Waals surface area (Å²) < 4.78 is 38.5. The Hall–Kier alpha value is -1.68. The van der Waals surface area contributed by atoms with Crippen LogP contribution in [0.1, 0.15) is 29.6 Å². The van der Waals surface area contributed by atoms with Crippen molar-refractivity contribution in [2.24, 2.45) is 0 Å². The molecule has 2 aliphatic rings. The molecule has 3 rings (SSSR count). The molecule has 1 atom stereocenters. The van der Waals surface area contributed by atoms with Crippen LogP contribution >= 0.6 is 0 Å². The van der Waals surface area contributed by atoms with Crippen molar-refractivity contribution < 1.29 is 22.7 Å². The Bertz CT molecular complexity index is 785. The topological polar surface area (TPSA) is 79.4 Å². The number of carbonyl (C=O) groups is 1. The number of rotatable bonds is 6. The maximum absolute atomic E-state index is 12.7. The molecule has 156 valence electrons. The zero-order chi connectivity index (χ0) is 20.3. The maximum Gasteiger partial charge on any atom is 0.281 e. The summed E-state index contributed by atoms with van der Waals surface area (Å²) in [5.74, 6) is 0.587. The van der Waals surface area contributed by atoms with Gasteiger partial charge in [0, 0.05) is 46.4 Å². The molecule has 0 aliphatic carbocycles. The van der Waals surface area contributed by atoms with E-state index in [4.69, 9.17) is 9.47 Å². The third-order valence-electron chi connectivity index (χ3n) is 5.35. The van der Waals surface area contributed by atoms with Gasteiger partial charge in [-0.2, -0.15) is 17.0 Å². The summed E-state index contributed by atoms with van der Waals surface area (Å²) in [4.78, 5) is 14.5. The van der Waals surface area contributed by atoms with E-state index in [1.54, 1.807) is 24.1 Å². The molecule has 28 heavy (non-hydrogen) atoms. The van der Waals surface area contributed by atoms with Crippen molar-refractivity contribution >= 4 is 16.1 Å². The zero-order valence-electron chi connectivity index (χ0n) is 16.7. The van der Waals surface area contributed by atoms with Crippen LogP contribution in [-0.4, -0.2) is 87.4 Å². The van der Waals surface area contributed by atoms with Crippen LogP contribution in [0.2, 0.25) is 0 Å². The number of likely N-dealkylation sites (N-methyl/N-ethyl adjacent to an activating group) is 1. The molecule has 0 bridgehead atoms. The zero-order valence-corrected chi connectivity index (χ0v) is 17.5. The van der Waals surface area contributed by atoms with Crippen molar-refractivity contribution in [3.8, 4) is 5.75 Å². The van der Waals surface area contributed by atoms with Gasteiger partial charge in [-0.1, -0.05) is 6.07 Å². The molecule has 9 heteroatoms. The van der Waals surface area contributed by atoms with Crippen molar-refractivity contribution in [3.05, 3.63) is 29.8 Å². The molecule has 2 aliphatic heterocycles. The Morgan fingerprint density at radius 3 is 2.50 bits per heavy atom. The average molecular weight is 412 g/mol. The lowest BCUT2D eigenvalue weighted by molar-refractivity contribution is 0.0710. The number of hydrogen-bond donors (Lipinski definition) is 0. The smallest absolute Gasteiger partial charge is 0.281 e. The van der Waals surface area contributed by atoms with Crippen molar-refractivity contribution in [1.82, 2.24) is 13.5 Å². The van der Waals surface area contributed by atoms with E-state index in [0.717, 1.165) is 6.42 Å². The lowest BCUT2D eigenvalue weighted by Crippen LogP contribution is -2.46. The van der Waals surface area contributed by atoms with Gasteiger partial charge in [0.1, 0.15) is 11.9 Å². The second kappa shape index (κ2) is 8.77. The highest BCUT2D eigenvalue weighted by Gasteiger charge is 2.30. The van der Waals surface area contributed by atoms with Crippen molar-refractivity contribution in [2.45, 2.75) is 31.4 Å². The monoisotopic (exact) mass is 411 g/mol. The second-order valence-corrected chi connectivity index (χ2v) is 9.61. The van der Waals surface area contributed by atoms with Gasteiger partial charge >= 0.3 is 0 Å². The molecule has 0 N–H and O–H groups in total. The van der Waals surface area contributed by atoms with Crippen LogP contribution in [0.4, 0.5) is 0 Å². The fraction of sp³-hybridized carbons (Fsp3) is 0.632. The van der Waals surface area contributed by atoms with Crippen molar-refractivity contribution in [2.75, 3.05) is 47.4 Å². The van der Waals surface area contributed by atoms with Gasteiger partial charge in [-0.3, -0.25) is 4.79 Å². The molecular weight excluding hydrogens is 382 g/mol. The van der Waals surface area contributed by atoms with E-state index in [1.807, 2.05) is 12.1 Å². The predicted octanol–water partition coefficient (Wildman–Crippen LogP) is 1.20. The maximum atomic E-state index is 12.7. The minimum Gasteiger partial charge on any atom is -0.490 e. The van der Waals surface area contributed by atoms with Gasteiger partial charge in [-0.25, -0.2) is 0 Å². The summed E-state index contributed by atoms with van der Waals surface area (Å²) in [6.07, 6.45) is 2.02. The van der Waals surface area contributed by atoms with Crippen molar-refractivity contribution in [3.63, 3.8) is 0 Å². The van der Waals surface area contributed by atoms with Crippen LogP contribution in [-0.2, 0) is 14.9 Å². The molecule has 0 saturated carbocycles. The highest BCUT2D eigenvalue weighted by molar-refractivity contribution is 7.86. The standard InChI is InChI=1S/C19H29N3O5S/c1-20(2)28(24,25)22-10-7-17(8-11-22)27-18-6-4-5-15(13-18)19(23)21(3)16-9-12-26-14-16/h4-6,13,16-17H,7-12,14H2,1-3H3/t16-/m1/s1. The summed E-state index contributed by atoms with van der Waals surface area (Å²) in [7, 11) is 1.49. The molecule has 1 amide bonds. The lowest BCUT2D eigenvalue weighted by Gasteiger charge is -2.33. The Labute approximate surface area is 167 Å². The van der Waals surface area contributed by atoms with E-state index < -0.39 is 10.2 Å². The van der Waals surface area contributed by atoms with Crippen molar-refractivity contribution in [1.29, 1.82) is 0 Å². The number of amides is 1. The predicted molar refractivity (Wildman–Crippen MR) is 106 cm³/mol. The number of ether oxygens (including phenoxy) is 2. The van der Waals surface area contributed by atoms with E-state index in [0.29, 0.717) is 50.5 Å². The van der Waals surface area contributed by atoms with Crippen LogP contribution < -0.4 is 4.74 Å². The molecule has 2 saturated heterocycles. The van der Waals surface area contributed by atoms with Gasteiger partial charge in [-0.15, -0.1) is 0 Å².